The first-order valence-electron chi connectivity index (χ1n) is 9.03. The van der Waals surface area contributed by atoms with Crippen molar-refractivity contribution in [3.05, 3.63) is 88.7 Å². The van der Waals surface area contributed by atoms with E-state index in [0.29, 0.717) is 16.4 Å². The average Bonchev–Trinajstić information content (AvgIpc) is 3.20. The molecule has 4 amide bonds. The Morgan fingerprint density at radius 1 is 0.935 bits per heavy atom. The van der Waals surface area contributed by atoms with Crippen molar-refractivity contribution in [2.24, 2.45) is 0 Å². The molecule has 0 saturated carbocycles. The molecule has 2 heterocycles. The second-order valence-electron chi connectivity index (χ2n) is 6.59. The maximum absolute atomic E-state index is 13.0. The lowest BCUT2D eigenvalue weighted by Gasteiger charge is -2.26. The number of amides is 4. The largest absolute Gasteiger partial charge is 0.478 e. The molecule has 0 spiro atoms. The standard InChI is InChI=1S/C22H14ClN3O5/c23-14-5-9-16(10-6-14)26-20(28)18(19(27)24-22(26)31)12-17-2-1-11-25(17)15-7-3-13(4-8-15)21(29)30/h1-12H,(H,29,30)(H,24,27,31)/b18-12+. The number of nitrogens with zero attached hydrogens (tertiary/aromatic N) is 2. The van der Waals surface area contributed by atoms with Gasteiger partial charge in [-0.05, 0) is 66.7 Å². The number of hydrogen-bond acceptors (Lipinski definition) is 4. The third-order valence-corrected chi connectivity index (χ3v) is 4.90. The number of carbonyl (C=O) groups is 4. The van der Waals surface area contributed by atoms with Crippen LogP contribution >= 0.6 is 11.6 Å². The summed E-state index contributed by atoms with van der Waals surface area (Å²) in [4.78, 5) is 49.6. The molecule has 9 heteroatoms. The number of imide groups is 2. The number of carbonyl (C=O) groups excluding carboxylic acids is 3. The van der Waals surface area contributed by atoms with Gasteiger partial charge in [0.05, 0.1) is 11.3 Å². The van der Waals surface area contributed by atoms with Gasteiger partial charge in [0.2, 0.25) is 0 Å². The minimum Gasteiger partial charge on any atom is -0.478 e. The third kappa shape index (κ3) is 3.84. The van der Waals surface area contributed by atoms with E-state index in [-0.39, 0.29) is 16.8 Å². The van der Waals surface area contributed by atoms with Crippen molar-refractivity contribution in [3.63, 3.8) is 0 Å². The van der Waals surface area contributed by atoms with Gasteiger partial charge in [0.1, 0.15) is 5.57 Å². The van der Waals surface area contributed by atoms with Crippen molar-refractivity contribution in [2.75, 3.05) is 4.90 Å². The smallest absolute Gasteiger partial charge is 0.335 e. The number of nitrogens with one attached hydrogen (secondary N) is 1. The molecule has 2 aromatic carbocycles. The molecule has 4 rings (SSSR count). The third-order valence-electron chi connectivity index (χ3n) is 4.65. The summed E-state index contributed by atoms with van der Waals surface area (Å²) in [5, 5.41) is 11.7. The Hall–Kier alpha value is -4.17. The minimum atomic E-state index is -1.04. The van der Waals surface area contributed by atoms with E-state index in [1.807, 2.05) is 0 Å². The predicted octanol–water partition coefficient (Wildman–Crippen LogP) is 3.50. The van der Waals surface area contributed by atoms with Gasteiger partial charge < -0.3 is 9.67 Å². The van der Waals surface area contributed by atoms with E-state index in [0.717, 1.165) is 4.90 Å². The van der Waals surface area contributed by atoms with Gasteiger partial charge in [-0.2, -0.15) is 0 Å². The Bertz CT molecular complexity index is 1240. The summed E-state index contributed by atoms with van der Waals surface area (Å²) in [7, 11) is 0. The lowest BCUT2D eigenvalue weighted by molar-refractivity contribution is -0.122. The average molecular weight is 436 g/mol. The number of halogens is 1. The molecule has 1 aromatic heterocycles. The topological polar surface area (TPSA) is 109 Å². The number of benzene rings is 2. The number of carboxylic acid groups (broad SMARTS) is 1. The summed E-state index contributed by atoms with van der Waals surface area (Å²) < 4.78 is 1.68. The molecule has 1 aliphatic heterocycles. The van der Waals surface area contributed by atoms with Crippen LogP contribution in [-0.4, -0.2) is 33.5 Å². The summed E-state index contributed by atoms with van der Waals surface area (Å²) in [6.07, 6.45) is 3.08. The highest BCUT2D eigenvalue weighted by Crippen LogP contribution is 2.24. The monoisotopic (exact) mass is 435 g/mol. The van der Waals surface area contributed by atoms with Gasteiger partial charge >= 0.3 is 12.0 Å². The van der Waals surface area contributed by atoms with Crippen molar-refractivity contribution >= 4 is 47.2 Å². The Morgan fingerprint density at radius 3 is 2.23 bits per heavy atom. The van der Waals surface area contributed by atoms with Crippen molar-refractivity contribution in [1.29, 1.82) is 0 Å². The molecular formula is C22H14ClN3O5. The molecule has 0 atom stereocenters. The molecule has 0 aliphatic carbocycles. The van der Waals surface area contributed by atoms with Gasteiger partial charge in [0.25, 0.3) is 11.8 Å². The van der Waals surface area contributed by atoms with Crippen LogP contribution in [0.25, 0.3) is 11.8 Å². The van der Waals surface area contributed by atoms with E-state index in [2.05, 4.69) is 5.32 Å². The molecule has 0 bridgehead atoms. The minimum absolute atomic E-state index is 0.134. The summed E-state index contributed by atoms with van der Waals surface area (Å²) in [5.41, 5.74) is 1.31. The van der Waals surface area contributed by atoms with Crippen LogP contribution in [0.15, 0.2) is 72.4 Å². The molecule has 0 unspecified atom stereocenters. The molecule has 31 heavy (non-hydrogen) atoms. The van der Waals surface area contributed by atoms with E-state index in [1.54, 1.807) is 35.0 Å². The highest BCUT2D eigenvalue weighted by atomic mass is 35.5. The molecule has 1 aliphatic rings. The number of anilines is 1. The molecule has 3 aromatic rings. The molecule has 2 N–H and O–H groups in total. The highest BCUT2D eigenvalue weighted by Gasteiger charge is 2.37. The van der Waals surface area contributed by atoms with E-state index < -0.39 is 23.8 Å². The van der Waals surface area contributed by atoms with Gasteiger partial charge in [-0.15, -0.1) is 0 Å². The number of aromatic carboxylic acids is 1. The highest BCUT2D eigenvalue weighted by molar-refractivity contribution is 6.39. The van der Waals surface area contributed by atoms with Crippen LogP contribution in [0.1, 0.15) is 16.1 Å². The molecule has 0 radical (unpaired) electrons. The first kappa shape index (κ1) is 20.1. The maximum atomic E-state index is 13.0. The lowest BCUT2D eigenvalue weighted by atomic mass is 10.1. The van der Waals surface area contributed by atoms with Gasteiger partial charge in [0.15, 0.2) is 0 Å². The van der Waals surface area contributed by atoms with Crippen molar-refractivity contribution < 1.29 is 24.3 Å². The van der Waals surface area contributed by atoms with Gasteiger partial charge in [0, 0.05) is 22.6 Å². The molecule has 1 saturated heterocycles. The van der Waals surface area contributed by atoms with Crippen LogP contribution in [0.3, 0.4) is 0 Å². The van der Waals surface area contributed by atoms with Crippen LogP contribution in [0.2, 0.25) is 5.02 Å². The number of aromatic nitrogens is 1. The van der Waals surface area contributed by atoms with E-state index in [4.69, 9.17) is 16.7 Å². The maximum Gasteiger partial charge on any atom is 0.335 e. The van der Waals surface area contributed by atoms with Crippen molar-refractivity contribution in [1.82, 2.24) is 9.88 Å². The molecular weight excluding hydrogens is 422 g/mol. The summed E-state index contributed by atoms with van der Waals surface area (Å²) in [6, 6.07) is 14.7. The second-order valence-corrected chi connectivity index (χ2v) is 7.03. The van der Waals surface area contributed by atoms with Crippen molar-refractivity contribution in [2.45, 2.75) is 0 Å². The van der Waals surface area contributed by atoms with E-state index in [1.165, 1.54) is 42.5 Å². The fourth-order valence-electron chi connectivity index (χ4n) is 3.14. The number of urea groups is 1. The fraction of sp³-hybridized carbons (Fsp3) is 0. The van der Waals surface area contributed by atoms with Crippen molar-refractivity contribution in [3.8, 4) is 5.69 Å². The van der Waals surface area contributed by atoms with Gasteiger partial charge in [-0.3, -0.25) is 14.9 Å². The predicted molar refractivity (Wildman–Crippen MR) is 113 cm³/mol. The van der Waals surface area contributed by atoms with Crippen LogP contribution < -0.4 is 10.2 Å². The Balaban J connectivity index is 1.71. The van der Waals surface area contributed by atoms with E-state index >= 15 is 0 Å². The quantitative estimate of drug-likeness (QED) is 0.481. The van der Waals surface area contributed by atoms with E-state index in [9.17, 15) is 19.2 Å². The summed E-state index contributed by atoms with van der Waals surface area (Å²) in [5.74, 6) is -2.63. The van der Waals surface area contributed by atoms with Crippen LogP contribution in [-0.2, 0) is 9.59 Å². The first-order chi connectivity index (χ1) is 14.8. The zero-order chi connectivity index (χ0) is 22.1. The first-order valence-corrected chi connectivity index (χ1v) is 9.41. The van der Waals surface area contributed by atoms with Crippen LogP contribution in [0, 0.1) is 0 Å². The Labute approximate surface area is 181 Å². The summed E-state index contributed by atoms with van der Waals surface area (Å²) >= 11 is 5.87. The molecule has 154 valence electrons. The van der Waals surface area contributed by atoms with Gasteiger partial charge in [-0.25, -0.2) is 14.5 Å². The van der Waals surface area contributed by atoms with Crippen LogP contribution in [0.5, 0.6) is 0 Å². The molecule has 1 fully saturated rings. The Kier molecular flexibility index (Phi) is 5.14. The SMILES string of the molecule is O=C1NC(=O)N(c2ccc(Cl)cc2)C(=O)/C1=C/c1cccn1-c1ccc(C(=O)O)cc1. The number of rotatable bonds is 4. The van der Waals surface area contributed by atoms with Gasteiger partial charge in [-0.1, -0.05) is 11.6 Å². The molecule has 8 nitrogen and oxygen atoms in total. The number of hydrogen-bond donors (Lipinski definition) is 2. The summed E-state index contributed by atoms with van der Waals surface area (Å²) in [6.45, 7) is 0. The number of barbiturate groups is 1. The second kappa shape index (κ2) is 7.92. The zero-order valence-corrected chi connectivity index (χ0v) is 16.5. The fourth-order valence-corrected chi connectivity index (χ4v) is 3.27. The lowest BCUT2D eigenvalue weighted by Crippen LogP contribution is -2.54. The normalized spacial score (nSPS) is 15.3. The Morgan fingerprint density at radius 2 is 1.58 bits per heavy atom. The number of carboxylic acids is 1. The zero-order valence-electron chi connectivity index (χ0n) is 15.8. The van der Waals surface area contributed by atoms with Crippen LogP contribution in [0.4, 0.5) is 10.5 Å².